The molecular weight excluding hydrogens is 831 g/mol. The Morgan fingerprint density at radius 2 is 0.609 bits per heavy atom. The van der Waals surface area contributed by atoms with Crippen LogP contribution in [0.25, 0.3) is 56.5 Å². The SMILES string of the molecule is C(=C(c1ccccc1)c1ccccc1)c1ccc(N(c2ccc(C=C(c3ccccc3)c3ccccc3)cc2)c2ccc(/C=C(\c3ccc4ccccc4c3)c3cccc4ccccc34)cc2)cc1. The van der Waals surface area contributed by atoms with Crippen molar-refractivity contribution in [3.8, 4) is 0 Å². The van der Waals surface area contributed by atoms with Crippen LogP contribution in [0.5, 0.6) is 0 Å². The molecular formula is C68H49N. The third-order valence-electron chi connectivity index (χ3n) is 12.9. The Labute approximate surface area is 405 Å². The van der Waals surface area contributed by atoms with Gasteiger partial charge in [-0.3, -0.25) is 0 Å². The first-order valence-corrected chi connectivity index (χ1v) is 23.6. The summed E-state index contributed by atoms with van der Waals surface area (Å²) in [7, 11) is 0. The van der Waals surface area contributed by atoms with Crippen LogP contribution in [-0.2, 0) is 0 Å². The highest BCUT2D eigenvalue weighted by molar-refractivity contribution is 6.04. The van der Waals surface area contributed by atoms with E-state index in [0.717, 1.165) is 33.8 Å². The van der Waals surface area contributed by atoms with Gasteiger partial charge in [0.2, 0.25) is 0 Å². The van der Waals surface area contributed by atoms with Crippen molar-refractivity contribution in [1.29, 1.82) is 0 Å². The van der Waals surface area contributed by atoms with Gasteiger partial charge in [-0.25, -0.2) is 0 Å². The van der Waals surface area contributed by atoms with Gasteiger partial charge in [-0.15, -0.1) is 0 Å². The highest BCUT2D eigenvalue weighted by Gasteiger charge is 2.16. The van der Waals surface area contributed by atoms with Gasteiger partial charge in [0.05, 0.1) is 0 Å². The number of hydrogen-bond acceptors (Lipinski definition) is 1. The zero-order valence-corrected chi connectivity index (χ0v) is 38.2. The van der Waals surface area contributed by atoms with Crippen LogP contribution in [0.15, 0.2) is 279 Å². The first kappa shape index (κ1) is 42.6. The lowest BCUT2D eigenvalue weighted by Gasteiger charge is -2.26. The molecule has 0 aromatic heterocycles. The lowest BCUT2D eigenvalue weighted by atomic mass is 9.90. The number of anilines is 3. The van der Waals surface area contributed by atoms with Gasteiger partial charge in [0, 0.05) is 17.1 Å². The lowest BCUT2D eigenvalue weighted by Crippen LogP contribution is -2.09. The van der Waals surface area contributed by atoms with Crippen molar-refractivity contribution >= 4 is 73.6 Å². The topological polar surface area (TPSA) is 3.24 Å². The second-order valence-electron chi connectivity index (χ2n) is 17.3. The summed E-state index contributed by atoms with van der Waals surface area (Å²) in [4.78, 5) is 2.36. The van der Waals surface area contributed by atoms with Crippen molar-refractivity contribution in [2.45, 2.75) is 0 Å². The van der Waals surface area contributed by atoms with Gasteiger partial charge < -0.3 is 4.90 Å². The van der Waals surface area contributed by atoms with Gasteiger partial charge >= 0.3 is 0 Å². The molecule has 0 N–H and O–H groups in total. The van der Waals surface area contributed by atoms with E-state index in [1.54, 1.807) is 0 Å². The van der Waals surface area contributed by atoms with E-state index in [2.05, 4.69) is 302 Å². The summed E-state index contributed by atoms with van der Waals surface area (Å²) < 4.78 is 0. The maximum absolute atomic E-state index is 2.36. The van der Waals surface area contributed by atoms with Crippen LogP contribution in [-0.4, -0.2) is 0 Å². The Hall–Kier alpha value is -9.04. The van der Waals surface area contributed by atoms with Crippen LogP contribution in [0.2, 0.25) is 0 Å². The Kier molecular flexibility index (Phi) is 12.2. The summed E-state index contributed by atoms with van der Waals surface area (Å²) in [5.41, 5.74) is 17.3. The van der Waals surface area contributed by atoms with E-state index in [0.29, 0.717) is 0 Å². The standard InChI is InChI=1S/C68H49N/c1-5-19-55(20-6-1)66(56-21-7-2-8-22-56)46-50-32-40-61(41-33-50)69(62-42-34-51(35-43-62)47-67(57-23-9-3-10-24-57)58-25-11-4-12-26-58)63-44-36-52(37-45-63)48-68(60-39-38-53-18-13-14-28-59(53)49-60)65-31-17-29-54-27-15-16-30-64(54)65/h1-49H/b68-48+. The molecule has 0 amide bonds. The normalized spacial score (nSPS) is 11.3. The van der Waals surface area contributed by atoms with Crippen molar-refractivity contribution in [3.63, 3.8) is 0 Å². The van der Waals surface area contributed by atoms with Crippen LogP contribution >= 0.6 is 0 Å². The number of hydrogen-bond donors (Lipinski definition) is 0. The zero-order valence-electron chi connectivity index (χ0n) is 38.2. The van der Waals surface area contributed by atoms with Crippen molar-refractivity contribution in [1.82, 2.24) is 0 Å². The summed E-state index contributed by atoms with van der Waals surface area (Å²) in [6.45, 7) is 0. The molecule has 0 aliphatic rings. The minimum atomic E-state index is 1.07. The van der Waals surface area contributed by atoms with Crippen LogP contribution in [0, 0.1) is 0 Å². The van der Waals surface area contributed by atoms with Gasteiger partial charge in [0.1, 0.15) is 0 Å². The molecule has 0 bridgehead atoms. The minimum absolute atomic E-state index is 1.07. The first-order chi connectivity index (χ1) is 34.2. The summed E-state index contributed by atoms with van der Waals surface area (Å²) in [5, 5.41) is 4.92. The van der Waals surface area contributed by atoms with E-state index in [1.807, 2.05) is 0 Å². The van der Waals surface area contributed by atoms with Crippen molar-refractivity contribution in [2.24, 2.45) is 0 Å². The fraction of sp³-hybridized carbons (Fsp3) is 0. The number of rotatable bonds is 12. The van der Waals surface area contributed by atoms with Gasteiger partial charge in [0.25, 0.3) is 0 Å². The number of nitrogens with zero attached hydrogens (tertiary/aromatic N) is 1. The van der Waals surface area contributed by atoms with E-state index >= 15 is 0 Å². The molecule has 1 nitrogen and oxygen atoms in total. The third kappa shape index (κ3) is 9.49. The van der Waals surface area contributed by atoms with Gasteiger partial charge in [-0.2, -0.15) is 0 Å². The highest BCUT2D eigenvalue weighted by Crippen LogP contribution is 2.38. The smallest absolute Gasteiger partial charge is 0.0462 e. The van der Waals surface area contributed by atoms with E-state index in [9.17, 15) is 0 Å². The van der Waals surface area contributed by atoms with Gasteiger partial charge in [-0.05, 0) is 149 Å². The molecule has 0 aliphatic heterocycles. The Balaban J connectivity index is 1.000. The molecule has 0 aliphatic carbocycles. The quantitative estimate of drug-likeness (QED) is 0.111. The van der Waals surface area contributed by atoms with Gasteiger partial charge in [-0.1, -0.05) is 237 Å². The highest BCUT2D eigenvalue weighted by atomic mass is 15.1. The Morgan fingerprint density at radius 1 is 0.246 bits per heavy atom. The Morgan fingerprint density at radius 3 is 1.06 bits per heavy atom. The third-order valence-corrected chi connectivity index (χ3v) is 12.9. The van der Waals surface area contributed by atoms with Crippen LogP contribution in [0.1, 0.15) is 50.1 Å². The molecule has 1 heteroatoms. The number of benzene rings is 11. The summed E-state index contributed by atoms with van der Waals surface area (Å²) >= 11 is 0. The summed E-state index contributed by atoms with van der Waals surface area (Å²) in [6.07, 6.45) is 6.93. The fourth-order valence-corrected chi connectivity index (χ4v) is 9.38. The number of fused-ring (bicyclic) bond motifs is 2. The van der Waals surface area contributed by atoms with E-state index in [-0.39, 0.29) is 0 Å². The van der Waals surface area contributed by atoms with Crippen molar-refractivity contribution in [3.05, 3.63) is 329 Å². The molecule has 0 unspecified atom stereocenters. The molecule has 0 fully saturated rings. The van der Waals surface area contributed by atoms with Crippen LogP contribution in [0.4, 0.5) is 17.1 Å². The second kappa shape index (κ2) is 19.8. The molecule has 0 radical (unpaired) electrons. The van der Waals surface area contributed by atoms with Crippen LogP contribution in [0.3, 0.4) is 0 Å². The molecule has 0 saturated heterocycles. The Bertz CT molecular complexity index is 3360. The molecule has 0 saturated carbocycles. The molecule has 0 atom stereocenters. The maximum Gasteiger partial charge on any atom is 0.0462 e. The predicted molar refractivity (Wildman–Crippen MR) is 296 cm³/mol. The minimum Gasteiger partial charge on any atom is -0.311 e. The largest absolute Gasteiger partial charge is 0.311 e. The average Bonchev–Trinajstić information content (AvgIpc) is 3.43. The predicted octanol–water partition coefficient (Wildman–Crippen LogP) is 18.2. The van der Waals surface area contributed by atoms with E-state index in [4.69, 9.17) is 0 Å². The van der Waals surface area contributed by atoms with Crippen LogP contribution < -0.4 is 4.90 Å². The molecule has 11 aromatic carbocycles. The van der Waals surface area contributed by atoms with E-state index < -0.39 is 0 Å². The summed E-state index contributed by atoms with van der Waals surface area (Å²) in [6, 6.07) is 100. The molecule has 11 aromatic rings. The monoisotopic (exact) mass is 879 g/mol. The van der Waals surface area contributed by atoms with E-state index in [1.165, 1.54) is 71.6 Å². The van der Waals surface area contributed by atoms with Crippen molar-refractivity contribution < 1.29 is 0 Å². The first-order valence-electron chi connectivity index (χ1n) is 23.6. The molecule has 0 spiro atoms. The molecule has 69 heavy (non-hydrogen) atoms. The lowest BCUT2D eigenvalue weighted by molar-refractivity contribution is 1.28. The molecule has 0 heterocycles. The molecule has 11 rings (SSSR count). The second-order valence-corrected chi connectivity index (χ2v) is 17.3. The zero-order chi connectivity index (χ0) is 46.2. The van der Waals surface area contributed by atoms with Crippen molar-refractivity contribution in [2.75, 3.05) is 4.90 Å². The maximum atomic E-state index is 2.36. The van der Waals surface area contributed by atoms with Gasteiger partial charge in [0.15, 0.2) is 0 Å². The molecule has 326 valence electrons. The summed E-state index contributed by atoms with van der Waals surface area (Å²) in [5.74, 6) is 0. The average molecular weight is 880 g/mol. The fourth-order valence-electron chi connectivity index (χ4n) is 9.38.